The van der Waals surface area contributed by atoms with Gasteiger partial charge in [0.25, 0.3) is 5.91 Å². The summed E-state index contributed by atoms with van der Waals surface area (Å²) in [5, 5.41) is 2.91. The van der Waals surface area contributed by atoms with Crippen LogP contribution in [0, 0.1) is 0 Å². The van der Waals surface area contributed by atoms with Crippen molar-refractivity contribution in [2.75, 3.05) is 6.54 Å². The van der Waals surface area contributed by atoms with E-state index in [1.807, 2.05) is 53.2 Å². The molecule has 5 heteroatoms. The van der Waals surface area contributed by atoms with Gasteiger partial charge in [0.15, 0.2) is 0 Å². The Morgan fingerprint density at radius 3 is 2.81 bits per heavy atom. The van der Waals surface area contributed by atoms with Gasteiger partial charge in [-0.05, 0) is 40.2 Å². The van der Waals surface area contributed by atoms with Gasteiger partial charge in [-0.3, -0.25) is 4.79 Å². The summed E-state index contributed by atoms with van der Waals surface area (Å²) >= 11 is 3.38. The molecule has 106 valence electrons. The van der Waals surface area contributed by atoms with Crippen molar-refractivity contribution in [3.05, 3.63) is 70.6 Å². The third-order valence-corrected chi connectivity index (χ3v) is 3.89. The monoisotopic (exact) mass is 343 g/mol. The average molecular weight is 344 g/mol. The van der Waals surface area contributed by atoms with Gasteiger partial charge in [0, 0.05) is 29.8 Å². The number of amides is 1. The Morgan fingerprint density at radius 2 is 2.00 bits per heavy atom. The Hall–Kier alpha value is -2.14. The largest absolute Gasteiger partial charge is 0.352 e. The van der Waals surface area contributed by atoms with Crippen LogP contribution < -0.4 is 5.32 Å². The fourth-order valence-corrected chi connectivity index (χ4v) is 2.62. The van der Waals surface area contributed by atoms with Gasteiger partial charge in [-0.2, -0.15) is 0 Å². The van der Waals surface area contributed by atoms with Gasteiger partial charge >= 0.3 is 0 Å². The molecule has 0 saturated heterocycles. The van der Waals surface area contributed by atoms with Gasteiger partial charge in [-0.15, -0.1) is 0 Å². The number of nitrogens with zero attached hydrogens (tertiary/aromatic N) is 2. The first-order chi connectivity index (χ1) is 10.2. The van der Waals surface area contributed by atoms with Gasteiger partial charge in [0.2, 0.25) is 0 Å². The minimum atomic E-state index is -0.0776. The fraction of sp³-hybridized carbons (Fsp3) is 0.125. The molecule has 0 aliphatic rings. The second-order valence-electron chi connectivity index (χ2n) is 4.68. The van der Waals surface area contributed by atoms with E-state index in [0.717, 1.165) is 15.8 Å². The Balaban J connectivity index is 1.61. The van der Waals surface area contributed by atoms with E-state index >= 15 is 0 Å². The maximum atomic E-state index is 12.1. The maximum Gasteiger partial charge on any atom is 0.252 e. The number of carbonyl (C=O) groups is 1. The molecule has 0 aliphatic carbocycles. The summed E-state index contributed by atoms with van der Waals surface area (Å²) in [7, 11) is 0. The summed E-state index contributed by atoms with van der Waals surface area (Å²) < 4.78 is 2.78. The highest BCUT2D eigenvalue weighted by Gasteiger charge is 2.08. The topological polar surface area (TPSA) is 46.4 Å². The van der Waals surface area contributed by atoms with E-state index in [2.05, 4.69) is 26.2 Å². The molecule has 3 rings (SSSR count). The number of nitrogens with one attached hydrogen (secondary N) is 1. The Kier molecular flexibility index (Phi) is 4.01. The van der Waals surface area contributed by atoms with Crippen molar-refractivity contribution in [1.29, 1.82) is 0 Å². The summed E-state index contributed by atoms with van der Waals surface area (Å²) in [5.41, 5.74) is 2.53. The number of fused-ring (bicyclic) bond motifs is 1. The minimum Gasteiger partial charge on any atom is -0.352 e. The first kappa shape index (κ1) is 13.8. The number of hydrogen-bond donors (Lipinski definition) is 1. The fourth-order valence-electron chi connectivity index (χ4n) is 2.15. The van der Waals surface area contributed by atoms with Gasteiger partial charge in [-0.1, -0.05) is 18.2 Å². The van der Waals surface area contributed by atoms with Crippen molar-refractivity contribution in [2.24, 2.45) is 0 Å². The molecule has 0 unspecified atom stereocenters. The van der Waals surface area contributed by atoms with Gasteiger partial charge in [0.1, 0.15) is 5.65 Å². The highest BCUT2D eigenvalue weighted by atomic mass is 79.9. The maximum absolute atomic E-state index is 12.1. The molecule has 0 atom stereocenters. The zero-order chi connectivity index (χ0) is 14.7. The average Bonchev–Trinajstić information content (AvgIpc) is 2.90. The molecule has 0 radical (unpaired) electrons. The van der Waals surface area contributed by atoms with Crippen molar-refractivity contribution in [3.8, 4) is 0 Å². The Morgan fingerprint density at radius 1 is 1.19 bits per heavy atom. The number of aromatic nitrogens is 2. The number of carbonyl (C=O) groups excluding carboxylic acids is 1. The van der Waals surface area contributed by atoms with Crippen molar-refractivity contribution in [1.82, 2.24) is 14.7 Å². The molecule has 3 aromatic rings. The van der Waals surface area contributed by atoms with Crippen molar-refractivity contribution < 1.29 is 4.79 Å². The van der Waals surface area contributed by atoms with Gasteiger partial charge in [-0.25, -0.2) is 4.98 Å². The number of halogens is 1. The number of rotatable bonds is 4. The van der Waals surface area contributed by atoms with Crippen LogP contribution >= 0.6 is 15.9 Å². The molecule has 0 spiro atoms. The molecule has 0 aliphatic heterocycles. The zero-order valence-corrected chi connectivity index (χ0v) is 12.9. The SMILES string of the molecule is O=C(NCCc1cn2ccccc2n1)c1ccccc1Br. The first-order valence-electron chi connectivity index (χ1n) is 6.69. The third-order valence-electron chi connectivity index (χ3n) is 3.20. The standard InChI is InChI=1S/C16H14BrN3O/c17-14-6-2-1-5-13(14)16(21)18-9-8-12-11-20-10-4-3-7-15(20)19-12/h1-7,10-11H,8-9H2,(H,18,21). The lowest BCUT2D eigenvalue weighted by molar-refractivity contribution is 0.0953. The molecule has 2 heterocycles. The van der Waals surface area contributed by atoms with Crippen LogP contribution in [0.5, 0.6) is 0 Å². The molecule has 1 aromatic carbocycles. The predicted octanol–water partition coefficient (Wildman–Crippen LogP) is 3.07. The second-order valence-corrected chi connectivity index (χ2v) is 5.54. The van der Waals surface area contributed by atoms with E-state index in [-0.39, 0.29) is 5.91 Å². The van der Waals surface area contributed by atoms with Crippen LogP contribution in [0.15, 0.2) is 59.3 Å². The molecule has 2 aromatic heterocycles. The minimum absolute atomic E-state index is 0.0776. The molecule has 0 fully saturated rings. The second kappa shape index (κ2) is 6.10. The highest BCUT2D eigenvalue weighted by Crippen LogP contribution is 2.15. The summed E-state index contributed by atoms with van der Waals surface area (Å²) in [6.07, 6.45) is 4.66. The van der Waals surface area contributed by atoms with Crippen molar-refractivity contribution >= 4 is 27.5 Å². The van der Waals surface area contributed by atoms with Crippen LogP contribution in [0.2, 0.25) is 0 Å². The van der Waals surface area contributed by atoms with Crippen molar-refractivity contribution in [2.45, 2.75) is 6.42 Å². The normalized spacial score (nSPS) is 10.7. The van der Waals surface area contributed by atoms with E-state index in [1.165, 1.54) is 0 Å². The van der Waals surface area contributed by atoms with Crippen LogP contribution in [0.4, 0.5) is 0 Å². The molecule has 1 amide bonds. The summed E-state index contributed by atoms with van der Waals surface area (Å²) in [5.74, 6) is -0.0776. The van der Waals surface area contributed by atoms with Crippen LogP contribution in [-0.4, -0.2) is 21.8 Å². The zero-order valence-electron chi connectivity index (χ0n) is 11.3. The van der Waals surface area contributed by atoms with E-state index in [0.29, 0.717) is 18.5 Å². The van der Waals surface area contributed by atoms with E-state index in [4.69, 9.17) is 0 Å². The number of pyridine rings is 1. The van der Waals surface area contributed by atoms with E-state index in [9.17, 15) is 4.79 Å². The lowest BCUT2D eigenvalue weighted by atomic mass is 10.2. The lowest BCUT2D eigenvalue weighted by Crippen LogP contribution is -2.26. The van der Waals surface area contributed by atoms with Crippen LogP contribution in [0.1, 0.15) is 16.1 Å². The molecular formula is C16H14BrN3O. The molecule has 1 N–H and O–H groups in total. The quantitative estimate of drug-likeness (QED) is 0.791. The van der Waals surface area contributed by atoms with Crippen LogP contribution in [0.3, 0.4) is 0 Å². The van der Waals surface area contributed by atoms with Crippen LogP contribution in [-0.2, 0) is 6.42 Å². The Labute approximate surface area is 131 Å². The summed E-state index contributed by atoms with van der Waals surface area (Å²) in [6.45, 7) is 0.560. The van der Waals surface area contributed by atoms with Crippen molar-refractivity contribution in [3.63, 3.8) is 0 Å². The molecule has 4 nitrogen and oxygen atoms in total. The Bertz CT molecular complexity index is 749. The molecule has 21 heavy (non-hydrogen) atoms. The summed E-state index contributed by atoms with van der Waals surface area (Å²) in [6, 6.07) is 13.3. The third kappa shape index (κ3) is 3.13. The molecule has 0 saturated carbocycles. The highest BCUT2D eigenvalue weighted by molar-refractivity contribution is 9.10. The number of imidazole rings is 1. The number of benzene rings is 1. The number of hydrogen-bond acceptors (Lipinski definition) is 2. The van der Waals surface area contributed by atoms with Gasteiger partial charge < -0.3 is 9.72 Å². The van der Waals surface area contributed by atoms with Crippen LogP contribution in [0.25, 0.3) is 5.65 Å². The summed E-state index contributed by atoms with van der Waals surface area (Å²) in [4.78, 5) is 16.6. The van der Waals surface area contributed by atoms with E-state index < -0.39 is 0 Å². The van der Waals surface area contributed by atoms with E-state index in [1.54, 1.807) is 6.07 Å². The predicted molar refractivity (Wildman–Crippen MR) is 85.4 cm³/mol. The molecular weight excluding hydrogens is 330 g/mol. The lowest BCUT2D eigenvalue weighted by Gasteiger charge is -2.05. The van der Waals surface area contributed by atoms with Gasteiger partial charge in [0.05, 0.1) is 11.3 Å². The first-order valence-corrected chi connectivity index (χ1v) is 7.49. The molecule has 0 bridgehead atoms. The smallest absolute Gasteiger partial charge is 0.252 e.